The van der Waals surface area contributed by atoms with Gasteiger partial charge in [-0.15, -0.1) is 0 Å². The van der Waals surface area contributed by atoms with E-state index < -0.39 is 95.0 Å². The smallest absolute Gasteiger partial charge is 0.246 e. The van der Waals surface area contributed by atoms with Gasteiger partial charge in [0.2, 0.25) is 33.7 Å². The number of aldehydes is 1. The molecule has 1 aromatic heterocycles. The maximum absolute atomic E-state index is 14.8. The van der Waals surface area contributed by atoms with E-state index in [0.29, 0.717) is 29.9 Å². The molecular weight excluding hydrogens is 915 g/mol. The van der Waals surface area contributed by atoms with Gasteiger partial charge in [0.25, 0.3) is 0 Å². The molecule has 0 bridgehead atoms. The quantitative estimate of drug-likeness (QED) is 0.0114. The van der Waals surface area contributed by atoms with Crippen LogP contribution in [-0.4, -0.2) is 164 Å². The Labute approximate surface area is 399 Å². The Balaban J connectivity index is 1.36. The molecule has 69 heavy (non-hydrogen) atoms. The summed E-state index contributed by atoms with van der Waals surface area (Å²) in [5.74, 6) is -3.31. The number of aliphatic imine (C=N–C) groups is 2. The lowest BCUT2D eigenvalue weighted by atomic mass is 9.84. The van der Waals surface area contributed by atoms with Gasteiger partial charge in [-0.3, -0.25) is 49.6 Å². The molecule has 2 aliphatic heterocycles. The number of Topliss-reactive ketones (excluding diaryl/α,β-unsaturated/α-hetero) is 1. The Morgan fingerprint density at radius 3 is 2.38 bits per heavy atom. The van der Waals surface area contributed by atoms with Crippen molar-refractivity contribution in [1.82, 2.24) is 40.8 Å². The average molecular weight is 978 g/mol. The molecule has 5 rings (SSSR count). The number of carbonyl (C=O) groups excluding carboxylic acids is 6. The van der Waals surface area contributed by atoms with E-state index in [0.717, 1.165) is 5.56 Å². The van der Waals surface area contributed by atoms with Crippen LogP contribution in [0.4, 0.5) is 0 Å². The van der Waals surface area contributed by atoms with Crippen LogP contribution >= 0.6 is 0 Å². The summed E-state index contributed by atoms with van der Waals surface area (Å²) in [4.78, 5) is 96.8. The number of pyridine rings is 1. The number of carbonyl (C=O) groups is 6. The van der Waals surface area contributed by atoms with Gasteiger partial charge in [-0.05, 0) is 62.6 Å². The highest BCUT2D eigenvalue weighted by atomic mass is 32.2. The molecule has 16 N–H and O–H groups in total. The number of hydrogen-bond donors (Lipinski definition) is 11. The van der Waals surface area contributed by atoms with Crippen molar-refractivity contribution in [2.24, 2.45) is 38.7 Å². The number of hydrogen-bond acceptors (Lipinski definition) is 15. The molecule has 374 valence electrons. The topological polar surface area (TPSA) is 391 Å². The maximum atomic E-state index is 14.8. The summed E-state index contributed by atoms with van der Waals surface area (Å²) in [6, 6.07) is 8.27. The lowest BCUT2D eigenvalue weighted by molar-refractivity contribution is -0.167. The molecule has 2 saturated heterocycles. The number of guanidine groups is 2. The molecule has 2 aliphatic rings. The van der Waals surface area contributed by atoms with E-state index >= 15 is 0 Å². The molecule has 0 spiro atoms. The van der Waals surface area contributed by atoms with Crippen LogP contribution in [0.5, 0.6) is 0 Å². The summed E-state index contributed by atoms with van der Waals surface area (Å²) in [5, 5.41) is 22.7. The van der Waals surface area contributed by atoms with Gasteiger partial charge in [-0.25, -0.2) is 13.1 Å². The Morgan fingerprint density at radius 2 is 1.68 bits per heavy atom. The van der Waals surface area contributed by atoms with Crippen LogP contribution in [0.3, 0.4) is 0 Å². The van der Waals surface area contributed by atoms with Crippen LogP contribution in [0.25, 0.3) is 10.8 Å². The van der Waals surface area contributed by atoms with E-state index in [1.54, 1.807) is 48.5 Å². The lowest BCUT2D eigenvalue weighted by Gasteiger charge is -2.52. The fourth-order valence-corrected chi connectivity index (χ4v) is 9.58. The number of aliphatic hydroxyl groups is 1. The van der Waals surface area contributed by atoms with Crippen molar-refractivity contribution in [1.29, 1.82) is 0 Å². The highest BCUT2D eigenvalue weighted by Crippen LogP contribution is 2.32. The first-order valence-corrected chi connectivity index (χ1v) is 24.1. The number of sulfonamides is 1. The predicted molar refractivity (Wildman–Crippen MR) is 256 cm³/mol. The normalized spacial score (nSPS) is 18.6. The van der Waals surface area contributed by atoms with Crippen molar-refractivity contribution >= 4 is 68.4 Å². The molecule has 24 nitrogen and oxygen atoms in total. The van der Waals surface area contributed by atoms with Crippen LogP contribution < -0.4 is 54.7 Å². The third-order valence-electron chi connectivity index (χ3n) is 11.7. The van der Waals surface area contributed by atoms with Gasteiger partial charge in [0, 0.05) is 55.9 Å². The first-order valence-electron chi connectivity index (χ1n) is 22.6. The van der Waals surface area contributed by atoms with Crippen molar-refractivity contribution in [2.45, 2.75) is 92.3 Å². The molecule has 3 aromatic rings. The summed E-state index contributed by atoms with van der Waals surface area (Å²) in [6.07, 6.45) is 3.98. The van der Waals surface area contributed by atoms with E-state index in [-0.39, 0.29) is 81.6 Å². The summed E-state index contributed by atoms with van der Waals surface area (Å²) < 4.78 is 29.0. The van der Waals surface area contributed by atoms with E-state index in [1.807, 2.05) is 0 Å². The molecular formula is C44H63N15O9S. The molecule has 7 atom stereocenters. The van der Waals surface area contributed by atoms with Gasteiger partial charge in [-0.1, -0.05) is 42.5 Å². The molecule has 2 unspecified atom stereocenters. The largest absolute Gasteiger partial charge is 0.394 e. The minimum absolute atomic E-state index is 0.0255. The number of benzene rings is 2. The maximum Gasteiger partial charge on any atom is 0.246 e. The van der Waals surface area contributed by atoms with Crippen LogP contribution in [0, 0.1) is 0 Å². The predicted octanol–water partition coefficient (Wildman–Crippen LogP) is -4.00. The molecule has 2 aromatic carbocycles. The number of fused-ring (bicyclic) bond motifs is 1. The summed E-state index contributed by atoms with van der Waals surface area (Å²) in [6.45, 7) is -1.16. The second-order valence-corrected chi connectivity index (χ2v) is 18.3. The van der Waals surface area contributed by atoms with Gasteiger partial charge < -0.3 is 59.0 Å². The van der Waals surface area contributed by atoms with E-state index in [2.05, 4.69) is 41.0 Å². The number of likely N-dealkylation sites (tertiary alicyclic amines) is 2. The van der Waals surface area contributed by atoms with Gasteiger partial charge in [0.05, 0.1) is 42.3 Å². The number of aromatic nitrogens is 1. The van der Waals surface area contributed by atoms with Crippen molar-refractivity contribution < 1.29 is 42.3 Å². The fraction of sp³-hybridized carbons (Fsp3) is 0.477. The number of ketones is 1. The van der Waals surface area contributed by atoms with Crippen molar-refractivity contribution in [3.05, 3.63) is 72.6 Å². The first kappa shape index (κ1) is 53.3. The zero-order valence-corrected chi connectivity index (χ0v) is 38.9. The Bertz CT molecular complexity index is 2430. The first-order chi connectivity index (χ1) is 33.1. The number of rotatable bonds is 27. The number of amides is 4. The number of nitrogens with two attached hydrogens (primary N) is 5. The number of nitrogens with one attached hydrogen (secondary N) is 5. The number of nitrogens with zero attached hydrogens (tertiary/aromatic N) is 5. The Kier molecular flexibility index (Phi) is 19.8. The SMILES string of the molecule is NC(N)=NCCC[C@H](N)C(=O)N1CCC[C@H]1C(=O)N1C(C(NCC(=O)NCCNS(=O)(=O)c2cccc3cnccc23)N[C@@H](CO)C(=O)N[C@@H](C=O)Cc2ccccc2)C(=O)[C@@H]1CCCN=C(N)N. The fourth-order valence-electron chi connectivity index (χ4n) is 8.32. The highest BCUT2D eigenvalue weighted by Gasteiger charge is 2.56. The second-order valence-electron chi connectivity index (χ2n) is 16.6. The minimum Gasteiger partial charge on any atom is -0.394 e. The van der Waals surface area contributed by atoms with Crippen LogP contribution in [0.15, 0.2) is 81.9 Å². The van der Waals surface area contributed by atoms with Crippen LogP contribution in [-0.2, 0) is 45.2 Å². The summed E-state index contributed by atoms with van der Waals surface area (Å²) >= 11 is 0. The zero-order valence-electron chi connectivity index (χ0n) is 38.1. The van der Waals surface area contributed by atoms with Crippen LogP contribution in [0.2, 0.25) is 0 Å². The summed E-state index contributed by atoms with van der Waals surface area (Å²) in [7, 11) is -4.02. The third kappa shape index (κ3) is 14.7. The molecule has 0 radical (unpaired) electrons. The standard InChI is InChI=1S/C44H63N15O9S/c45-31(11-5-16-52-43(46)47)41(65)58-21-7-13-34(58)42(66)59-33(12-6-17-53-44(48)49)38(63)37(59)39(57-32(26-61)40(64)56-29(25-60)22-27-8-2-1-3-9-27)54-24-36(62)51-19-20-55-69(67,68)35-14-4-10-28-23-50-18-15-30(28)35/h1-4,8-10,14-15,18,23,25,29,31-34,37,39,54-55,57,61H,5-7,11-13,16-17,19-22,24,26,45H2,(H,51,62)(H,56,64)(H4,46,47,52)(H4,48,49,53)/t29-,31+,32+,33+,34+,37?,39?/m1/s1. The van der Waals surface area contributed by atoms with E-state index in [4.69, 9.17) is 28.7 Å². The van der Waals surface area contributed by atoms with Gasteiger partial charge >= 0.3 is 0 Å². The molecule has 25 heteroatoms. The summed E-state index contributed by atoms with van der Waals surface area (Å²) in [5.41, 5.74) is 28.9. The molecule has 0 saturated carbocycles. The zero-order chi connectivity index (χ0) is 50.1. The van der Waals surface area contributed by atoms with Crippen molar-refractivity contribution in [3.8, 4) is 0 Å². The lowest BCUT2D eigenvalue weighted by Crippen LogP contribution is -2.78. The Morgan fingerprint density at radius 1 is 0.957 bits per heavy atom. The van der Waals surface area contributed by atoms with E-state index in [9.17, 15) is 42.3 Å². The Hall–Kier alpha value is -6.64. The highest BCUT2D eigenvalue weighted by molar-refractivity contribution is 7.89. The minimum atomic E-state index is -4.02. The average Bonchev–Trinajstić information content (AvgIpc) is 3.83. The van der Waals surface area contributed by atoms with Gasteiger partial charge in [0.1, 0.15) is 24.4 Å². The van der Waals surface area contributed by atoms with Gasteiger partial charge in [0.15, 0.2) is 17.7 Å². The number of aliphatic hydroxyl groups excluding tert-OH is 1. The van der Waals surface area contributed by atoms with Gasteiger partial charge in [-0.2, -0.15) is 0 Å². The molecule has 3 heterocycles. The molecule has 0 aliphatic carbocycles. The van der Waals surface area contributed by atoms with Crippen molar-refractivity contribution in [2.75, 3.05) is 45.9 Å². The second kappa shape index (κ2) is 25.6. The molecule has 2 fully saturated rings. The van der Waals surface area contributed by atoms with E-state index in [1.165, 1.54) is 28.3 Å². The monoisotopic (exact) mass is 977 g/mol. The molecule has 4 amide bonds. The van der Waals surface area contributed by atoms with Crippen molar-refractivity contribution in [3.63, 3.8) is 0 Å². The van der Waals surface area contributed by atoms with Crippen LogP contribution in [0.1, 0.15) is 44.1 Å². The third-order valence-corrected chi connectivity index (χ3v) is 13.2.